The predicted octanol–water partition coefficient (Wildman–Crippen LogP) is 4.93. The summed E-state index contributed by atoms with van der Waals surface area (Å²) in [6.45, 7) is 6.11. The van der Waals surface area contributed by atoms with Crippen molar-refractivity contribution < 1.29 is 21.0 Å². The molecule has 212 valence electrons. The molecule has 2 aromatic carbocycles. The van der Waals surface area contributed by atoms with Gasteiger partial charge in [0.25, 0.3) is 20.1 Å². The van der Waals surface area contributed by atoms with Crippen LogP contribution in [0.15, 0.2) is 76.9 Å². The Bertz CT molecular complexity index is 1720. The number of fused-ring (bicyclic) bond motifs is 1. The van der Waals surface area contributed by atoms with Gasteiger partial charge in [-0.1, -0.05) is 42.3 Å². The fourth-order valence-electron chi connectivity index (χ4n) is 5.55. The molecule has 11 heteroatoms. The molecule has 0 bridgehead atoms. The van der Waals surface area contributed by atoms with Crippen molar-refractivity contribution in [2.24, 2.45) is 11.8 Å². The molecule has 4 aromatic rings. The molecule has 2 aromatic heterocycles. The zero-order valence-corrected chi connectivity index (χ0v) is 24.7. The van der Waals surface area contributed by atoms with Crippen molar-refractivity contribution in [1.82, 2.24) is 13.9 Å². The molecule has 40 heavy (non-hydrogen) atoms. The predicted molar refractivity (Wildman–Crippen MR) is 154 cm³/mol. The van der Waals surface area contributed by atoms with E-state index in [-0.39, 0.29) is 34.3 Å². The van der Waals surface area contributed by atoms with E-state index in [0.717, 1.165) is 30.4 Å². The molecule has 2 heterocycles. The lowest BCUT2D eigenvalue weighted by Gasteiger charge is -2.40. The fraction of sp³-hybridized carbons (Fsp3) is 0.379. The molecule has 5 rings (SSSR count). The minimum Gasteiger partial charge on any atom is -0.356 e. The van der Waals surface area contributed by atoms with E-state index in [1.807, 2.05) is 20.9 Å². The molecule has 1 fully saturated rings. The van der Waals surface area contributed by atoms with Crippen molar-refractivity contribution in [3.63, 3.8) is 0 Å². The number of aromatic nitrogens is 3. The minimum atomic E-state index is -3.82. The molecule has 0 radical (unpaired) electrons. The number of anilines is 1. The van der Waals surface area contributed by atoms with E-state index in [1.165, 1.54) is 16.5 Å². The average molecular weight is 583 g/mol. The van der Waals surface area contributed by atoms with Crippen LogP contribution in [0, 0.1) is 25.7 Å². The van der Waals surface area contributed by atoms with Gasteiger partial charge in [-0.15, -0.1) is 0 Å². The summed E-state index contributed by atoms with van der Waals surface area (Å²) in [6, 6.07) is 15.3. The first-order valence-electron chi connectivity index (χ1n) is 13.3. The normalized spacial score (nSPS) is 20.1. The van der Waals surface area contributed by atoms with E-state index in [0.29, 0.717) is 16.9 Å². The summed E-state index contributed by atoms with van der Waals surface area (Å²) in [7, 11) is -5.66. The van der Waals surface area contributed by atoms with Crippen molar-refractivity contribution in [1.29, 1.82) is 0 Å². The van der Waals surface area contributed by atoms with Gasteiger partial charge in [-0.3, -0.25) is 4.18 Å². The molecule has 0 aliphatic heterocycles. The Labute approximate surface area is 236 Å². The Balaban J connectivity index is 1.30. The van der Waals surface area contributed by atoms with Gasteiger partial charge in [-0.05, 0) is 75.3 Å². The number of hydrogen-bond acceptors (Lipinski definition) is 8. The summed E-state index contributed by atoms with van der Waals surface area (Å²) in [5, 5.41) is 0.655. The highest BCUT2D eigenvalue weighted by Crippen LogP contribution is 2.36. The molecule has 0 spiro atoms. The quantitative estimate of drug-likeness (QED) is 0.269. The summed E-state index contributed by atoms with van der Waals surface area (Å²) in [4.78, 5) is 11.3. The van der Waals surface area contributed by atoms with Gasteiger partial charge in [0.1, 0.15) is 12.1 Å². The molecular weight excluding hydrogens is 548 g/mol. The maximum Gasteiger partial charge on any atom is 0.296 e. The fourth-order valence-corrected chi connectivity index (χ4v) is 7.83. The third kappa shape index (κ3) is 5.50. The van der Waals surface area contributed by atoms with E-state index in [9.17, 15) is 16.8 Å². The van der Waals surface area contributed by atoms with Crippen molar-refractivity contribution in [3.05, 3.63) is 78.2 Å². The highest BCUT2D eigenvalue weighted by Gasteiger charge is 2.33. The average Bonchev–Trinajstić information content (AvgIpc) is 3.38. The summed E-state index contributed by atoms with van der Waals surface area (Å²) < 4.78 is 58.6. The molecule has 3 atom stereocenters. The molecular formula is C29H34N4O5S2. The van der Waals surface area contributed by atoms with Gasteiger partial charge in [-0.25, -0.2) is 22.4 Å². The number of nitrogens with zero attached hydrogens (tertiary/aromatic N) is 4. The highest BCUT2D eigenvalue weighted by molar-refractivity contribution is 7.90. The van der Waals surface area contributed by atoms with E-state index in [1.54, 1.807) is 54.6 Å². The molecule has 1 saturated carbocycles. The first-order chi connectivity index (χ1) is 19.0. The Kier molecular flexibility index (Phi) is 7.73. The second kappa shape index (κ2) is 10.9. The molecule has 1 aliphatic carbocycles. The molecule has 2 unspecified atom stereocenters. The summed E-state index contributed by atoms with van der Waals surface area (Å²) in [5.74, 6) is 1.01. The van der Waals surface area contributed by atoms with Crippen LogP contribution in [0.3, 0.4) is 0 Å². The van der Waals surface area contributed by atoms with Crippen molar-refractivity contribution in [2.75, 3.05) is 18.6 Å². The topological polar surface area (TPSA) is 111 Å². The zero-order valence-electron chi connectivity index (χ0n) is 23.1. The molecule has 0 saturated heterocycles. The SMILES string of the molecule is Cc1ccc(S(=O)(=O)OCC2CCC(N(C)c3ncnc4c3ccn4S(=O)(=O)c3ccc(C)cc3)[C@@H](C)C2)cc1. The minimum absolute atomic E-state index is 0.117. The second-order valence-corrected chi connectivity index (χ2v) is 14.2. The van der Waals surface area contributed by atoms with Crippen LogP contribution in [-0.4, -0.2) is 50.5 Å². The summed E-state index contributed by atoms with van der Waals surface area (Å²) >= 11 is 0. The van der Waals surface area contributed by atoms with E-state index in [2.05, 4.69) is 21.8 Å². The van der Waals surface area contributed by atoms with Gasteiger partial charge in [-0.2, -0.15) is 8.42 Å². The maximum absolute atomic E-state index is 13.4. The Morgan fingerprint density at radius 3 is 2.15 bits per heavy atom. The lowest BCUT2D eigenvalue weighted by molar-refractivity contribution is 0.170. The highest BCUT2D eigenvalue weighted by atomic mass is 32.2. The van der Waals surface area contributed by atoms with Crippen LogP contribution in [0.25, 0.3) is 11.0 Å². The maximum atomic E-state index is 13.4. The lowest BCUT2D eigenvalue weighted by Crippen LogP contribution is -2.42. The van der Waals surface area contributed by atoms with Gasteiger partial charge >= 0.3 is 0 Å². The second-order valence-electron chi connectivity index (χ2n) is 10.8. The smallest absolute Gasteiger partial charge is 0.296 e. The van der Waals surface area contributed by atoms with Crippen molar-refractivity contribution in [2.45, 2.75) is 55.9 Å². The monoisotopic (exact) mass is 582 g/mol. The third-order valence-corrected chi connectivity index (χ3v) is 10.8. The Morgan fingerprint density at radius 2 is 1.52 bits per heavy atom. The van der Waals surface area contributed by atoms with Crippen LogP contribution in [0.5, 0.6) is 0 Å². The largest absolute Gasteiger partial charge is 0.356 e. The number of hydrogen-bond donors (Lipinski definition) is 0. The summed E-state index contributed by atoms with van der Waals surface area (Å²) in [6.07, 6.45) is 5.35. The van der Waals surface area contributed by atoms with Crippen LogP contribution < -0.4 is 4.90 Å². The van der Waals surface area contributed by atoms with Crippen LogP contribution in [0.2, 0.25) is 0 Å². The Morgan fingerprint density at radius 1 is 0.900 bits per heavy atom. The summed E-state index contributed by atoms with van der Waals surface area (Å²) in [5.41, 5.74) is 2.29. The van der Waals surface area contributed by atoms with Crippen molar-refractivity contribution >= 4 is 37.0 Å². The number of aryl methyl sites for hydroxylation is 2. The van der Waals surface area contributed by atoms with E-state index in [4.69, 9.17) is 4.18 Å². The van der Waals surface area contributed by atoms with E-state index < -0.39 is 20.1 Å². The number of rotatable bonds is 8. The zero-order chi connectivity index (χ0) is 28.7. The standard InChI is InChI=1S/C29H34N4O5S2/c1-20-5-10-24(11-6-20)39(34,35)33-16-15-26-28(30-19-31-29(26)33)32(4)27-14-9-23(17-22(27)3)18-38-40(36,37)25-12-7-21(2)8-13-25/h5-8,10-13,15-16,19,22-23,27H,9,14,17-18H2,1-4H3/t22-,23?,27?/m0/s1. The lowest BCUT2D eigenvalue weighted by atomic mass is 9.78. The van der Waals surface area contributed by atoms with Gasteiger partial charge in [0.15, 0.2) is 5.65 Å². The molecule has 0 amide bonds. The first kappa shape index (κ1) is 28.3. The van der Waals surface area contributed by atoms with Crippen LogP contribution >= 0.6 is 0 Å². The van der Waals surface area contributed by atoms with Crippen LogP contribution in [0.1, 0.15) is 37.3 Å². The first-order valence-corrected chi connectivity index (χ1v) is 16.2. The van der Waals surface area contributed by atoms with Gasteiger partial charge in [0.2, 0.25) is 0 Å². The van der Waals surface area contributed by atoms with Crippen molar-refractivity contribution in [3.8, 4) is 0 Å². The van der Waals surface area contributed by atoms with Crippen LogP contribution in [-0.2, 0) is 24.3 Å². The Hall–Kier alpha value is -3.28. The van der Waals surface area contributed by atoms with Gasteiger partial charge in [0.05, 0.1) is 21.8 Å². The molecule has 0 N–H and O–H groups in total. The molecule has 9 nitrogen and oxygen atoms in total. The molecule has 1 aliphatic rings. The van der Waals surface area contributed by atoms with Gasteiger partial charge < -0.3 is 4.90 Å². The third-order valence-electron chi connectivity index (χ3n) is 7.84. The van der Waals surface area contributed by atoms with Gasteiger partial charge in [0, 0.05) is 19.3 Å². The number of benzene rings is 2. The van der Waals surface area contributed by atoms with E-state index >= 15 is 0 Å². The van der Waals surface area contributed by atoms with Crippen LogP contribution in [0.4, 0.5) is 5.82 Å².